The van der Waals surface area contributed by atoms with Crippen LogP contribution in [-0.2, 0) is 0 Å². The summed E-state index contributed by atoms with van der Waals surface area (Å²) in [6, 6.07) is 9.62. The van der Waals surface area contributed by atoms with Crippen LogP contribution in [0.25, 0.3) is 11.3 Å². The standard InChI is InChI=1S/C9H7BrN4/c10-9-12-7(8(11)13-14-9)6-4-2-1-3-5-6/h1-5H,(H2,11,13). The molecule has 0 aliphatic heterocycles. The second kappa shape index (κ2) is 3.71. The van der Waals surface area contributed by atoms with Crippen LogP contribution >= 0.6 is 15.9 Å². The largest absolute Gasteiger partial charge is 0.380 e. The van der Waals surface area contributed by atoms with Gasteiger partial charge in [-0.3, -0.25) is 0 Å². The van der Waals surface area contributed by atoms with Crippen LogP contribution in [0.15, 0.2) is 35.1 Å². The van der Waals surface area contributed by atoms with Crippen LogP contribution in [0.5, 0.6) is 0 Å². The topological polar surface area (TPSA) is 64.7 Å². The molecular formula is C9H7BrN4. The fourth-order valence-corrected chi connectivity index (χ4v) is 1.38. The van der Waals surface area contributed by atoms with Crippen molar-refractivity contribution in [3.8, 4) is 11.3 Å². The Balaban J connectivity index is 2.57. The molecule has 0 radical (unpaired) electrons. The number of hydrogen-bond acceptors (Lipinski definition) is 4. The molecule has 1 heterocycles. The molecule has 0 saturated heterocycles. The third kappa shape index (κ3) is 1.72. The van der Waals surface area contributed by atoms with Crippen molar-refractivity contribution in [1.82, 2.24) is 15.2 Å². The van der Waals surface area contributed by atoms with Crippen molar-refractivity contribution in [2.75, 3.05) is 5.73 Å². The lowest BCUT2D eigenvalue weighted by atomic mass is 10.1. The molecular weight excluding hydrogens is 244 g/mol. The summed E-state index contributed by atoms with van der Waals surface area (Å²) < 4.78 is 0.436. The van der Waals surface area contributed by atoms with E-state index in [1.165, 1.54) is 0 Å². The first-order chi connectivity index (χ1) is 6.77. The van der Waals surface area contributed by atoms with Crippen LogP contribution in [0.1, 0.15) is 0 Å². The number of aromatic nitrogens is 3. The summed E-state index contributed by atoms with van der Waals surface area (Å²) in [6.45, 7) is 0. The van der Waals surface area contributed by atoms with E-state index in [9.17, 15) is 0 Å². The maximum Gasteiger partial charge on any atom is 0.218 e. The number of benzene rings is 1. The Hall–Kier alpha value is -1.49. The van der Waals surface area contributed by atoms with Crippen LogP contribution in [-0.4, -0.2) is 15.2 Å². The quantitative estimate of drug-likeness (QED) is 0.840. The number of rotatable bonds is 1. The van der Waals surface area contributed by atoms with Crippen molar-refractivity contribution in [3.05, 3.63) is 35.1 Å². The third-order valence-electron chi connectivity index (χ3n) is 1.73. The first kappa shape index (κ1) is 9.08. The van der Waals surface area contributed by atoms with Gasteiger partial charge in [0.15, 0.2) is 5.82 Å². The summed E-state index contributed by atoms with van der Waals surface area (Å²) in [6.07, 6.45) is 0. The second-order valence-corrected chi connectivity index (χ2v) is 3.39. The fourth-order valence-electron chi connectivity index (χ4n) is 1.12. The molecule has 0 aliphatic rings. The fraction of sp³-hybridized carbons (Fsp3) is 0. The summed E-state index contributed by atoms with van der Waals surface area (Å²) in [5.41, 5.74) is 7.24. The normalized spacial score (nSPS) is 10.1. The van der Waals surface area contributed by atoms with Crippen LogP contribution in [0.4, 0.5) is 5.82 Å². The van der Waals surface area contributed by atoms with Crippen molar-refractivity contribution < 1.29 is 0 Å². The van der Waals surface area contributed by atoms with E-state index < -0.39 is 0 Å². The molecule has 4 nitrogen and oxygen atoms in total. The summed E-state index contributed by atoms with van der Waals surface area (Å²) in [5.74, 6) is 0.333. The summed E-state index contributed by atoms with van der Waals surface area (Å²) in [5, 5.41) is 7.47. The lowest BCUT2D eigenvalue weighted by Crippen LogP contribution is -2.00. The zero-order valence-electron chi connectivity index (χ0n) is 7.18. The van der Waals surface area contributed by atoms with Gasteiger partial charge in [-0.05, 0) is 15.9 Å². The second-order valence-electron chi connectivity index (χ2n) is 2.68. The lowest BCUT2D eigenvalue weighted by molar-refractivity contribution is 0.950. The molecule has 0 spiro atoms. The Bertz CT molecular complexity index is 444. The van der Waals surface area contributed by atoms with E-state index in [-0.39, 0.29) is 0 Å². The Labute approximate surface area is 89.3 Å². The van der Waals surface area contributed by atoms with Gasteiger partial charge in [-0.15, -0.1) is 10.2 Å². The predicted molar refractivity (Wildman–Crippen MR) is 57.4 cm³/mol. The van der Waals surface area contributed by atoms with Gasteiger partial charge < -0.3 is 5.73 Å². The van der Waals surface area contributed by atoms with Gasteiger partial charge in [0.25, 0.3) is 0 Å². The first-order valence-electron chi connectivity index (χ1n) is 3.98. The molecule has 0 bridgehead atoms. The van der Waals surface area contributed by atoms with Gasteiger partial charge in [-0.25, -0.2) is 4.98 Å². The zero-order chi connectivity index (χ0) is 9.97. The minimum atomic E-state index is 0.333. The molecule has 0 fully saturated rings. The Morgan fingerprint density at radius 1 is 1.07 bits per heavy atom. The van der Waals surface area contributed by atoms with Gasteiger partial charge in [-0.2, -0.15) is 0 Å². The van der Waals surface area contributed by atoms with Crippen molar-refractivity contribution in [1.29, 1.82) is 0 Å². The van der Waals surface area contributed by atoms with E-state index >= 15 is 0 Å². The summed E-state index contributed by atoms with van der Waals surface area (Å²) in [4.78, 5) is 4.16. The molecule has 2 rings (SSSR count). The average Bonchev–Trinajstić information content (AvgIpc) is 2.23. The van der Waals surface area contributed by atoms with Crippen molar-refractivity contribution in [2.45, 2.75) is 0 Å². The van der Waals surface area contributed by atoms with E-state index in [0.717, 1.165) is 5.56 Å². The average molecular weight is 251 g/mol. The van der Waals surface area contributed by atoms with Crippen LogP contribution in [0, 0.1) is 0 Å². The highest BCUT2D eigenvalue weighted by molar-refractivity contribution is 9.10. The molecule has 14 heavy (non-hydrogen) atoms. The maximum atomic E-state index is 5.66. The Morgan fingerprint density at radius 2 is 1.79 bits per heavy atom. The van der Waals surface area contributed by atoms with Gasteiger partial charge in [-0.1, -0.05) is 30.3 Å². The predicted octanol–water partition coefficient (Wildman–Crippen LogP) is 1.88. The van der Waals surface area contributed by atoms with E-state index in [4.69, 9.17) is 5.73 Å². The molecule has 0 atom stereocenters. The van der Waals surface area contributed by atoms with E-state index in [0.29, 0.717) is 16.2 Å². The third-order valence-corrected chi connectivity index (χ3v) is 2.07. The molecule has 5 heteroatoms. The Kier molecular flexibility index (Phi) is 2.41. The monoisotopic (exact) mass is 250 g/mol. The molecule has 1 aromatic carbocycles. The van der Waals surface area contributed by atoms with Gasteiger partial charge in [0, 0.05) is 5.56 Å². The smallest absolute Gasteiger partial charge is 0.218 e. The molecule has 1 aromatic heterocycles. The van der Waals surface area contributed by atoms with Crippen molar-refractivity contribution >= 4 is 21.7 Å². The van der Waals surface area contributed by atoms with E-state index in [1.54, 1.807) is 0 Å². The lowest BCUT2D eigenvalue weighted by Gasteiger charge is -2.02. The number of nitrogen functional groups attached to an aromatic ring is 1. The molecule has 0 amide bonds. The molecule has 70 valence electrons. The Morgan fingerprint density at radius 3 is 2.50 bits per heavy atom. The molecule has 0 aliphatic carbocycles. The van der Waals surface area contributed by atoms with Gasteiger partial charge in [0.05, 0.1) is 0 Å². The number of anilines is 1. The first-order valence-corrected chi connectivity index (χ1v) is 4.78. The summed E-state index contributed by atoms with van der Waals surface area (Å²) in [7, 11) is 0. The highest BCUT2D eigenvalue weighted by atomic mass is 79.9. The van der Waals surface area contributed by atoms with Crippen molar-refractivity contribution in [3.63, 3.8) is 0 Å². The highest BCUT2D eigenvalue weighted by Crippen LogP contribution is 2.21. The number of hydrogen-bond donors (Lipinski definition) is 1. The minimum absolute atomic E-state index is 0.333. The number of nitrogens with zero attached hydrogens (tertiary/aromatic N) is 3. The molecule has 0 unspecified atom stereocenters. The molecule has 2 aromatic rings. The van der Waals surface area contributed by atoms with E-state index in [1.807, 2.05) is 30.3 Å². The zero-order valence-corrected chi connectivity index (χ0v) is 8.77. The number of halogens is 1. The van der Waals surface area contributed by atoms with Crippen LogP contribution in [0.3, 0.4) is 0 Å². The highest BCUT2D eigenvalue weighted by Gasteiger charge is 2.06. The van der Waals surface area contributed by atoms with Gasteiger partial charge in [0.1, 0.15) is 5.69 Å². The number of nitrogens with two attached hydrogens (primary N) is 1. The minimum Gasteiger partial charge on any atom is -0.380 e. The van der Waals surface area contributed by atoms with Crippen molar-refractivity contribution in [2.24, 2.45) is 0 Å². The van der Waals surface area contributed by atoms with Crippen LogP contribution in [0.2, 0.25) is 0 Å². The van der Waals surface area contributed by atoms with Gasteiger partial charge >= 0.3 is 0 Å². The SMILES string of the molecule is Nc1nnc(Br)nc1-c1ccccc1. The maximum absolute atomic E-state index is 5.66. The van der Waals surface area contributed by atoms with E-state index in [2.05, 4.69) is 31.1 Å². The van der Waals surface area contributed by atoms with Gasteiger partial charge in [0.2, 0.25) is 4.73 Å². The molecule has 2 N–H and O–H groups in total. The van der Waals surface area contributed by atoms with Crippen LogP contribution < -0.4 is 5.73 Å². The summed E-state index contributed by atoms with van der Waals surface area (Å²) >= 11 is 3.15. The molecule has 0 saturated carbocycles.